The smallest absolute Gasteiger partial charge is 0.194 e. The molecular weight excluding hydrogens is 324 g/mol. The number of hydrogen-bond acceptors (Lipinski definition) is 3. The van der Waals surface area contributed by atoms with E-state index in [1.807, 2.05) is 24.4 Å². The van der Waals surface area contributed by atoms with E-state index in [1.165, 1.54) is 11.1 Å². The number of hydrogen-bond donors (Lipinski definition) is 1. The number of benzene rings is 1. The van der Waals surface area contributed by atoms with Crippen LogP contribution in [-0.2, 0) is 6.54 Å². The van der Waals surface area contributed by atoms with Gasteiger partial charge in [0.05, 0.1) is 19.3 Å². The third kappa shape index (κ3) is 4.34. The number of guanidine groups is 1. The molecule has 5 heteroatoms. The third-order valence-electron chi connectivity index (χ3n) is 4.91. The summed E-state index contributed by atoms with van der Waals surface area (Å²) in [5.41, 5.74) is 3.59. The van der Waals surface area contributed by atoms with Gasteiger partial charge in [-0.2, -0.15) is 0 Å². The summed E-state index contributed by atoms with van der Waals surface area (Å²) in [5, 5.41) is 3.43. The molecule has 0 spiro atoms. The third-order valence-corrected chi connectivity index (χ3v) is 4.91. The van der Waals surface area contributed by atoms with Gasteiger partial charge in [-0.3, -0.25) is 4.98 Å². The van der Waals surface area contributed by atoms with Crippen molar-refractivity contribution >= 4 is 5.96 Å². The Hall–Kier alpha value is -2.56. The topological polar surface area (TPSA) is 49.8 Å². The minimum Gasteiger partial charge on any atom is -0.497 e. The second-order valence-electron chi connectivity index (χ2n) is 6.64. The van der Waals surface area contributed by atoms with Crippen LogP contribution < -0.4 is 10.1 Å². The molecule has 1 aliphatic rings. The summed E-state index contributed by atoms with van der Waals surface area (Å²) in [6.07, 6.45) is 2.97. The molecule has 2 aromatic rings. The highest BCUT2D eigenvalue weighted by Crippen LogP contribution is 2.28. The van der Waals surface area contributed by atoms with Crippen molar-refractivity contribution in [3.8, 4) is 5.75 Å². The van der Waals surface area contributed by atoms with Crippen molar-refractivity contribution in [3.63, 3.8) is 0 Å². The number of ether oxygens (including phenoxy) is 1. The van der Waals surface area contributed by atoms with Gasteiger partial charge in [0.15, 0.2) is 5.96 Å². The van der Waals surface area contributed by atoms with Gasteiger partial charge in [0, 0.05) is 31.7 Å². The fraction of sp³-hybridized carbons (Fsp3) is 0.429. The number of methoxy groups -OCH3 is 1. The SMILES string of the molecule is CCNC(=NCc1ncccc1C)N1CCC(c2ccc(OC)cc2)C1. The van der Waals surface area contributed by atoms with Crippen LogP contribution in [0.1, 0.15) is 36.1 Å². The van der Waals surface area contributed by atoms with Crippen LogP contribution in [0.25, 0.3) is 0 Å². The zero-order valence-electron chi connectivity index (χ0n) is 15.9. The molecule has 1 N–H and O–H groups in total. The van der Waals surface area contributed by atoms with Crippen LogP contribution >= 0.6 is 0 Å². The summed E-state index contributed by atoms with van der Waals surface area (Å²) >= 11 is 0. The number of nitrogens with zero attached hydrogens (tertiary/aromatic N) is 3. The fourth-order valence-electron chi connectivity index (χ4n) is 3.36. The molecule has 0 bridgehead atoms. The summed E-state index contributed by atoms with van der Waals surface area (Å²) in [6.45, 7) is 7.67. The van der Waals surface area contributed by atoms with Crippen LogP contribution in [0.5, 0.6) is 5.75 Å². The van der Waals surface area contributed by atoms with E-state index in [2.05, 4.69) is 47.2 Å². The molecule has 1 unspecified atom stereocenters. The average molecular weight is 352 g/mol. The average Bonchev–Trinajstić information content (AvgIpc) is 3.16. The van der Waals surface area contributed by atoms with Gasteiger partial charge < -0.3 is 15.0 Å². The van der Waals surface area contributed by atoms with Gasteiger partial charge in [-0.05, 0) is 49.6 Å². The Balaban J connectivity index is 1.68. The van der Waals surface area contributed by atoms with E-state index >= 15 is 0 Å². The molecule has 5 nitrogen and oxygen atoms in total. The zero-order chi connectivity index (χ0) is 18.4. The first-order chi connectivity index (χ1) is 12.7. The molecule has 1 aromatic carbocycles. The Morgan fingerprint density at radius 1 is 1.31 bits per heavy atom. The largest absolute Gasteiger partial charge is 0.497 e. The second-order valence-corrected chi connectivity index (χ2v) is 6.64. The Kier molecular flexibility index (Phi) is 6.10. The van der Waals surface area contributed by atoms with Crippen molar-refractivity contribution in [3.05, 3.63) is 59.4 Å². The number of aryl methyl sites for hydroxylation is 1. The normalized spacial score (nSPS) is 17.4. The van der Waals surface area contributed by atoms with E-state index in [1.54, 1.807) is 7.11 Å². The predicted molar refractivity (Wildman–Crippen MR) is 106 cm³/mol. The highest BCUT2D eigenvalue weighted by molar-refractivity contribution is 5.80. The van der Waals surface area contributed by atoms with Gasteiger partial charge in [0.1, 0.15) is 5.75 Å². The summed E-state index contributed by atoms with van der Waals surface area (Å²) in [7, 11) is 1.70. The van der Waals surface area contributed by atoms with Crippen LogP contribution in [0.15, 0.2) is 47.6 Å². The van der Waals surface area contributed by atoms with Gasteiger partial charge in [0.25, 0.3) is 0 Å². The first-order valence-corrected chi connectivity index (χ1v) is 9.29. The van der Waals surface area contributed by atoms with Crippen LogP contribution in [0.4, 0.5) is 0 Å². The molecule has 2 heterocycles. The van der Waals surface area contributed by atoms with Gasteiger partial charge in [-0.15, -0.1) is 0 Å². The Morgan fingerprint density at radius 3 is 2.81 bits per heavy atom. The van der Waals surface area contributed by atoms with Gasteiger partial charge in [-0.1, -0.05) is 18.2 Å². The van der Waals surface area contributed by atoms with Crippen molar-refractivity contribution in [1.29, 1.82) is 0 Å². The minimum atomic E-state index is 0.529. The van der Waals surface area contributed by atoms with Gasteiger partial charge in [0.2, 0.25) is 0 Å². The quantitative estimate of drug-likeness (QED) is 0.662. The van der Waals surface area contributed by atoms with Crippen molar-refractivity contribution in [2.45, 2.75) is 32.7 Å². The van der Waals surface area contributed by atoms with Gasteiger partial charge in [-0.25, -0.2) is 4.99 Å². The van der Waals surface area contributed by atoms with E-state index in [9.17, 15) is 0 Å². The number of pyridine rings is 1. The highest BCUT2D eigenvalue weighted by atomic mass is 16.5. The highest BCUT2D eigenvalue weighted by Gasteiger charge is 2.26. The number of aromatic nitrogens is 1. The summed E-state index contributed by atoms with van der Waals surface area (Å²) < 4.78 is 5.26. The Bertz CT molecular complexity index is 742. The summed E-state index contributed by atoms with van der Waals surface area (Å²) in [5.74, 6) is 2.42. The Labute approximate surface area is 156 Å². The van der Waals surface area contributed by atoms with E-state index in [0.717, 1.165) is 43.5 Å². The molecule has 1 saturated heterocycles. The van der Waals surface area contributed by atoms with Gasteiger partial charge >= 0.3 is 0 Å². The number of aliphatic imine (C=N–C) groups is 1. The lowest BCUT2D eigenvalue weighted by atomic mass is 9.98. The lowest BCUT2D eigenvalue weighted by Crippen LogP contribution is -2.40. The minimum absolute atomic E-state index is 0.529. The molecule has 0 saturated carbocycles. The first kappa shape index (κ1) is 18.2. The maximum atomic E-state index is 5.26. The Morgan fingerprint density at radius 2 is 2.12 bits per heavy atom. The monoisotopic (exact) mass is 352 g/mol. The van der Waals surface area contributed by atoms with Crippen molar-refractivity contribution < 1.29 is 4.74 Å². The molecule has 138 valence electrons. The molecule has 0 aliphatic carbocycles. The predicted octanol–water partition coefficient (Wildman–Crippen LogP) is 3.35. The number of likely N-dealkylation sites (tertiary alicyclic amines) is 1. The van der Waals surface area contributed by atoms with Crippen LogP contribution in [0, 0.1) is 6.92 Å². The summed E-state index contributed by atoms with van der Waals surface area (Å²) in [4.78, 5) is 11.6. The molecular formula is C21H28N4O. The van der Waals surface area contributed by atoms with E-state index in [4.69, 9.17) is 9.73 Å². The van der Waals surface area contributed by atoms with Crippen LogP contribution in [0.3, 0.4) is 0 Å². The second kappa shape index (κ2) is 8.70. The van der Waals surface area contributed by atoms with Crippen molar-refractivity contribution in [2.24, 2.45) is 4.99 Å². The molecule has 1 fully saturated rings. The number of rotatable bonds is 5. The first-order valence-electron chi connectivity index (χ1n) is 9.29. The maximum Gasteiger partial charge on any atom is 0.194 e. The van der Waals surface area contributed by atoms with E-state index in [-0.39, 0.29) is 0 Å². The van der Waals surface area contributed by atoms with Crippen LogP contribution in [0.2, 0.25) is 0 Å². The standard InChI is InChI=1S/C21H28N4O/c1-4-22-21(24-14-20-16(2)6-5-12-23-20)25-13-11-18(15-25)17-7-9-19(26-3)10-8-17/h5-10,12,18H,4,11,13-15H2,1-3H3,(H,22,24). The van der Waals surface area contributed by atoms with E-state index in [0.29, 0.717) is 12.5 Å². The molecule has 1 aromatic heterocycles. The molecule has 26 heavy (non-hydrogen) atoms. The zero-order valence-corrected chi connectivity index (χ0v) is 15.9. The molecule has 0 amide bonds. The van der Waals surface area contributed by atoms with E-state index < -0.39 is 0 Å². The molecule has 3 rings (SSSR count). The lowest BCUT2D eigenvalue weighted by molar-refractivity contribution is 0.414. The number of nitrogens with one attached hydrogen (secondary N) is 1. The van der Waals surface area contributed by atoms with Crippen molar-refractivity contribution in [2.75, 3.05) is 26.7 Å². The molecule has 0 radical (unpaired) electrons. The van der Waals surface area contributed by atoms with Crippen molar-refractivity contribution in [1.82, 2.24) is 15.2 Å². The van der Waals surface area contributed by atoms with Crippen LogP contribution in [-0.4, -0.2) is 42.6 Å². The molecule has 1 atom stereocenters. The molecule has 1 aliphatic heterocycles. The summed E-state index contributed by atoms with van der Waals surface area (Å²) in [6, 6.07) is 12.5. The fourth-order valence-corrected chi connectivity index (χ4v) is 3.36. The maximum absolute atomic E-state index is 5.26. The lowest BCUT2D eigenvalue weighted by Gasteiger charge is -2.22.